The van der Waals surface area contributed by atoms with E-state index in [0.29, 0.717) is 0 Å². The fourth-order valence-electron chi connectivity index (χ4n) is 1.21. The Kier molecular flexibility index (Phi) is 12.0. The van der Waals surface area contributed by atoms with Crippen molar-refractivity contribution in [3.63, 3.8) is 0 Å². The minimum atomic E-state index is 0. The molecule has 0 heterocycles. The third kappa shape index (κ3) is 5.85. The van der Waals surface area contributed by atoms with Gasteiger partial charge in [-0.1, -0.05) is 6.07 Å². The van der Waals surface area contributed by atoms with Gasteiger partial charge in [-0.3, -0.25) is 0 Å². The summed E-state index contributed by atoms with van der Waals surface area (Å²) in [4.78, 5) is 2.12. The first-order valence-electron chi connectivity index (χ1n) is 3.85. The summed E-state index contributed by atoms with van der Waals surface area (Å²) < 4.78 is 0. The molecule has 0 aromatic heterocycles. The van der Waals surface area contributed by atoms with Crippen LogP contribution in [0.5, 0.6) is 0 Å². The number of rotatable bonds is 1. The first kappa shape index (κ1) is 19.7. The summed E-state index contributed by atoms with van der Waals surface area (Å²) in [7, 11) is 4.13. The largest absolute Gasteiger partial charge is 2.00 e. The van der Waals surface area contributed by atoms with E-state index in [1.165, 1.54) is 16.8 Å². The van der Waals surface area contributed by atoms with Crippen LogP contribution in [-0.4, -0.2) is 14.1 Å². The maximum absolute atomic E-state index is 2.19. The van der Waals surface area contributed by atoms with Crippen LogP contribution >= 0.6 is 12.4 Å². The van der Waals surface area contributed by atoms with Crippen LogP contribution in [0.2, 0.25) is 0 Å². The van der Waals surface area contributed by atoms with Crippen molar-refractivity contribution in [2.45, 2.75) is 13.8 Å². The number of anilines is 1. The normalized spacial score (nSPS) is 7.71. The third-order valence-corrected chi connectivity index (χ3v) is 1.72. The van der Waals surface area contributed by atoms with E-state index in [1.54, 1.807) is 0 Å². The average Bonchev–Trinajstić information content (AvgIpc) is 1.85. The quantitative estimate of drug-likeness (QED) is 0.646. The Morgan fingerprint density at radius 1 is 0.929 bits per heavy atom. The minimum absolute atomic E-state index is 0. The van der Waals surface area contributed by atoms with Crippen LogP contribution in [0.1, 0.15) is 11.1 Å². The molecule has 0 aliphatic heterocycles. The molecule has 76 valence electrons. The van der Waals surface area contributed by atoms with Gasteiger partial charge < -0.3 is 17.3 Å². The fraction of sp³-hybridized carbons (Fsp3) is 0.400. The average molecular weight is 287 g/mol. The van der Waals surface area contributed by atoms with Crippen LogP contribution in [0.3, 0.4) is 0 Å². The Labute approximate surface area is 112 Å². The number of halogens is 2. The number of aryl methyl sites for hydroxylation is 2. The van der Waals surface area contributed by atoms with Crippen LogP contribution in [0.4, 0.5) is 5.69 Å². The van der Waals surface area contributed by atoms with Gasteiger partial charge in [0.05, 0.1) is 0 Å². The molecule has 0 saturated heterocycles. The second-order valence-corrected chi connectivity index (χ2v) is 3.24. The van der Waals surface area contributed by atoms with Crippen molar-refractivity contribution in [3.05, 3.63) is 29.3 Å². The van der Waals surface area contributed by atoms with Crippen LogP contribution in [0, 0.1) is 13.8 Å². The summed E-state index contributed by atoms with van der Waals surface area (Å²) >= 11 is 0. The van der Waals surface area contributed by atoms with Gasteiger partial charge in [-0.2, -0.15) is 0 Å². The molecule has 0 spiro atoms. The Morgan fingerprint density at radius 2 is 1.29 bits per heavy atom. The van der Waals surface area contributed by atoms with Gasteiger partial charge in [0, 0.05) is 19.8 Å². The van der Waals surface area contributed by atoms with Crippen LogP contribution in [0.25, 0.3) is 0 Å². The molecule has 0 unspecified atom stereocenters. The van der Waals surface area contributed by atoms with Crippen molar-refractivity contribution < 1.29 is 31.9 Å². The SMILES string of the molecule is Cc1cc(C)cc(N(C)C)c1.Cl.[Cl-].[Zn+2]. The summed E-state index contributed by atoms with van der Waals surface area (Å²) in [5, 5.41) is 0. The molecule has 0 N–H and O–H groups in total. The van der Waals surface area contributed by atoms with Gasteiger partial charge in [0.2, 0.25) is 0 Å². The van der Waals surface area contributed by atoms with Gasteiger partial charge in [-0.05, 0) is 37.1 Å². The number of hydrogen-bond donors (Lipinski definition) is 0. The van der Waals surface area contributed by atoms with Crippen molar-refractivity contribution in [1.29, 1.82) is 0 Å². The molecule has 1 rings (SSSR count). The summed E-state index contributed by atoms with van der Waals surface area (Å²) in [6.07, 6.45) is 0. The molecule has 0 fully saturated rings. The summed E-state index contributed by atoms with van der Waals surface area (Å²) in [6.45, 7) is 4.25. The number of benzene rings is 1. The topological polar surface area (TPSA) is 3.24 Å². The summed E-state index contributed by atoms with van der Waals surface area (Å²) in [5.74, 6) is 0. The Hall–Kier alpha value is 0.223. The molecule has 0 amide bonds. The molecular weight excluding hydrogens is 270 g/mol. The standard InChI is InChI=1S/C10H15N.2ClH.Zn/c1-8-5-9(2)7-10(6-8)11(3)4;;;/h5-7H,1-4H3;2*1H;/q;;;+2/p-1. The van der Waals surface area contributed by atoms with Gasteiger partial charge in [-0.25, -0.2) is 0 Å². The number of nitrogens with zero attached hydrogens (tertiary/aromatic N) is 1. The molecule has 0 aliphatic carbocycles. The zero-order valence-corrected chi connectivity index (χ0v) is 13.7. The second-order valence-electron chi connectivity index (χ2n) is 3.24. The Bertz CT molecular complexity index is 244. The smallest absolute Gasteiger partial charge is 1.00 e. The van der Waals surface area contributed by atoms with E-state index in [0.717, 1.165) is 0 Å². The summed E-state index contributed by atoms with van der Waals surface area (Å²) in [5.41, 5.74) is 3.94. The Balaban J connectivity index is -0.000000403. The van der Waals surface area contributed by atoms with Gasteiger partial charge in [0.1, 0.15) is 0 Å². The van der Waals surface area contributed by atoms with E-state index < -0.39 is 0 Å². The fourth-order valence-corrected chi connectivity index (χ4v) is 1.21. The molecule has 1 nitrogen and oxygen atoms in total. The van der Waals surface area contributed by atoms with E-state index in [9.17, 15) is 0 Å². The Morgan fingerprint density at radius 3 is 1.57 bits per heavy atom. The first-order valence-corrected chi connectivity index (χ1v) is 3.85. The van der Waals surface area contributed by atoms with Crippen molar-refractivity contribution in [1.82, 2.24) is 0 Å². The van der Waals surface area contributed by atoms with Gasteiger partial charge in [-0.15, -0.1) is 12.4 Å². The third-order valence-electron chi connectivity index (χ3n) is 1.72. The van der Waals surface area contributed by atoms with Crippen molar-refractivity contribution in [2.24, 2.45) is 0 Å². The van der Waals surface area contributed by atoms with Crippen LogP contribution < -0.4 is 17.3 Å². The molecule has 4 heteroatoms. The molecule has 0 bridgehead atoms. The first-order chi connectivity index (χ1) is 5.09. The maximum Gasteiger partial charge on any atom is 2.00 e. The van der Waals surface area contributed by atoms with Crippen LogP contribution in [0.15, 0.2) is 18.2 Å². The molecule has 0 radical (unpaired) electrons. The van der Waals surface area contributed by atoms with E-state index in [-0.39, 0.29) is 44.3 Å². The zero-order chi connectivity index (χ0) is 8.43. The molecule has 1 aromatic carbocycles. The van der Waals surface area contributed by atoms with Crippen molar-refractivity contribution >= 4 is 18.1 Å². The van der Waals surface area contributed by atoms with Crippen molar-refractivity contribution in [3.8, 4) is 0 Å². The molecule has 0 atom stereocenters. The molecule has 14 heavy (non-hydrogen) atoms. The van der Waals surface area contributed by atoms with Gasteiger partial charge in [0.15, 0.2) is 0 Å². The monoisotopic (exact) mass is 284 g/mol. The zero-order valence-electron chi connectivity index (χ0n) is 9.17. The molecule has 1 aromatic rings. The van der Waals surface area contributed by atoms with E-state index in [1.807, 2.05) is 0 Å². The minimum Gasteiger partial charge on any atom is -1.00 e. The molecule has 0 aliphatic rings. The summed E-state index contributed by atoms with van der Waals surface area (Å²) in [6, 6.07) is 6.56. The van der Waals surface area contributed by atoms with Gasteiger partial charge >= 0.3 is 19.5 Å². The predicted molar refractivity (Wildman–Crippen MR) is 57.5 cm³/mol. The van der Waals surface area contributed by atoms with Crippen molar-refractivity contribution in [2.75, 3.05) is 19.0 Å². The van der Waals surface area contributed by atoms with E-state index in [2.05, 4.69) is 51.0 Å². The maximum atomic E-state index is 2.19. The number of hydrogen-bond acceptors (Lipinski definition) is 1. The molecule has 0 saturated carbocycles. The van der Waals surface area contributed by atoms with Gasteiger partial charge in [0.25, 0.3) is 0 Å². The van der Waals surface area contributed by atoms with E-state index >= 15 is 0 Å². The van der Waals surface area contributed by atoms with E-state index in [4.69, 9.17) is 0 Å². The second kappa shape index (κ2) is 8.53. The molecular formula is C10H16Cl2NZn+. The predicted octanol–water partition coefficient (Wildman–Crippen LogP) is -0.207. The van der Waals surface area contributed by atoms with Crippen LogP contribution in [-0.2, 0) is 19.5 Å².